The number of Topliss-reactive ketones (excluding diaryl/α,β-unsaturated/α-hetero) is 1. The van der Waals surface area contributed by atoms with E-state index in [1.165, 1.54) is 24.6 Å². The molecule has 0 atom stereocenters. The zero-order valence-electron chi connectivity index (χ0n) is 12.1. The Balaban J connectivity index is 2.31. The van der Waals surface area contributed by atoms with E-state index in [4.69, 9.17) is 0 Å². The van der Waals surface area contributed by atoms with Crippen molar-refractivity contribution >= 4 is 16.8 Å². The molecule has 3 aromatic rings. The molecule has 1 aromatic heterocycles. The Morgan fingerprint density at radius 3 is 2.57 bits per heavy atom. The van der Waals surface area contributed by atoms with E-state index in [2.05, 4.69) is 4.98 Å². The van der Waals surface area contributed by atoms with Crippen molar-refractivity contribution in [3.63, 3.8) is 0 Å². The van der Waals surface area contributed by atoms with Gasteiger partial charge < -0.3 is 0 Å². The average molecular weight is 282 g/mol. The summed E-state index contributed by atoms with van der Waals surface area (Å²) >= 11 is 0. The van der Waals surface area contributed by atoms with Crippen LogP contribution in [0.3, 0.4) is 0 Å². The van der Waals surface area contributed by atoms with Gasteiger partial charge in [-0.25, -0.2) is 9.37 Å². The molecule has 0 unspecified atom stereocenters. The predicted molar refractivity (Wildman–Crippen MR) is 80.5 cm³/mol. The van der Waals surface area contributed by atoms with Crippen molar-refractivity contribution < 1.29 is 9.18 Å². The average Bonchev–Trinajstić information content (AvgIpc) is 2.82. The van der Waals surface area contributed by atoms with E-state index in [1.54, 1.807) is 12.4 Å². The Morgan fingerprint density at radius 2 is 1.86 bits per heavy atom. The summed E-state index contributed by atoms with van der Waals surface area (Å²) in [6.07, 6.45) is 1.67. The van der Waals surface area contributed by atoms with Crippen LogP contribution < -0.4 is 0 Å². The quantitative estimate of drug-likeness (QED) is 0.666. The molecule has 21 heavy (non-hydrogen) atoms. The molecule has 0 aliphatic carbocycles. The lowest BCUT2D eigenvalue weighted by Gasteiger charge is -2.10. The summed E-state index contributed by atoms with van der Waals surface area (Å²) in [4.78, 5) is 16.1. The van der Waals surface area contributed by atoms with Crippen molar-refractivity contribution in [2.75, 3.05) is 0 Å². The number of halogens is 1. The smallest absolute Gasteiger partial charge is 0.162 e. The van der Waals surface area contributed by atoms with Crippen LogP contribution in [0.25, 0.3) is 16.7 Å². The number of fused-ring (bicyclic) bond motifs is 1. The molecule has 0 spiro atoms. The first kappa shape index (κ1) is 13.5. The minimum atomic E-state index is -0.416. The van der Waals surface area contributed by atoms with E-state index in [1.807, 2.05) is 30.5 Å². The summed E-state index contributed by atoms with van der Waals surface area (Å²) in [5.74, 6) is -0.587. The first-order valence-electron chi connectivity index (χ1n) is 6.72. The molecule has 0 saturated heterocycles. The predicted octanol–water partition coefficient (Wildman–Crippen LogP) is 3.98. The lowest BCUT2D eigenvalue weighted by atomic mass is 10.1. The highest BCUT2D eigenvalue weighted by molar-refractivity contribution is 5.98. The lowest BCUT2D eigenvalue weighted by molar-refractivity contribution is 0.101. The van der Waals surface area contributed by atoms with Gasteiger partial charge in [-0.3, -0.25) is 9.36 Å². The Bertz CT molecular complexity index is 865. The molecule has 0 bridgehead atoms. The molecular formula is C17H15FN2O. The number of hydrogen-bond acceptors (Lipinski definition) is 2. The van der Waals surface area contributed by atoms with Crippen LogP contribution in [0.5, 0.6) is 0 Å². The van der Waals surface area contributed by atoms with Gasteiger partial charge in [0.05, 0.1) is 16.7 Å². The second kappa shape index (κ2) is 4.81. The Kier molecular flexibility index (Phi) is 3.09. The SMILES string of the molecule is CC(=O)c1cc(F)ccc1-n1cnc2cc(C)c(C)cc21. The summed E-state index contributed by atoms with van der Waals surface area (Å²) in [5, 5.41) is 0. The monoisotopic (exact) mass is 282 g/mol. The Morgan fingerprint density at radius 1 is 1.14 bits per heavy atom. The molecule has 0 saturated carbocycles. The highest BCUT2D eigenvalue weighted by Gasteiger charge is 2.13. The summed E-state index contributed by atoms with van der Waals surface area (Å²) in [6.45, 7) is 5.50. The maximum Gasteiger partial charge on any atom is 0.162 e. The number of aryl methyl sites for hydroxylation is 2. The summed E-state index contributed by atoms with van der Waals surface area (Å²) < 4.78 is 15.2. The van der Waals surface area contributed by atoms with Crippen molar-refractivity contribution in [2.24, 2.45) is 0 Å². The molecule has 4 heteroatoms. The minimum Gasteiger partial charge on any atom is -0.298 e. The van der Waals surface area contributed by atoms with E-state index in [9.17, 15) is 9.18 Å². The zero-order chi connectivity index (χ0) is 15.1. The zero-order valence-corrected chi connectivity index (χ0v) is 12.1. The summed E-state index contributed by atoms with van der Waals surface area (Å²) in [7, 11) is 0. The fourth-order valence-electron chi connectivity index (χ4n) is 2.46. The highest BCUT2D eigenvalue weighted by Crippen LogP contribution is 2.24. The van der Waals surface area contributed by atoms with Crippen LogP contribution in [0, 0.1) is 19.7 Å². The van der Waals surface area contributed by atoms with Crippen LogP contribution in [-0.4, -0.2) is 15.3 Å². The van der Waals surface area contributed by atoms with Crippen LogP contribution >= 0.6 is 0 Å². The number of imidazole rings is 1. The standard InChI is InChI=1S/C17H15FN2O/c1-10-6-15-17(7-11(10)2)20(9-19-15)16-5-4-13(18)8-14(16)12(3)21/h4-9H,1-3H3. The second-order valence-corrected chi connectivity index (χ2v) is 5.26. The van der Waals surface area contributed by atoms with Gasteiger partial charge in [0.1, 0.15) is 12.1 Å². The number of carbonyl (C=O) groups excluding carboxylic acids is 1. The van der Waals surface area contributed by atoms with Gasteiger partial charge in [-0.15, -0.1) is 0 Å². The van der Waals surface area contributed by atoms with Crippen molar-refractivity contribution in [1.82, 2.24) is 9.55 Å². The lowest BCUT2D eigenvalue weighted by Crippen LogP contribution is -2.03. The molecule has 106 valence electrons. The molecule has 0 N–H and O–H groups in total. The van der Waals surface area contributed by atoms with E-state index >= 15 is 0 Å². The molecule has 3 nitrogen and oxygen atoms in total. The molecule has 0 aliphatic heterocycles. The summed E-state index contributed by atoms with van der Waals surface area (Å²) in [5.41, 5.74) is 5.08. The second-order valence-electron chi connectivity index (χ2n) is 5.26. The van der Waals surface area contributed by atoms with E-state index in [-0.39, 0.29) is 5.78 Å². The third-order valence-corrected chi connectivity index (χ3v) is 3.76. The number of carbonyl (C=O) groups is 1. The summed E-state index contributed by atoms with van der Waals surface area (Å²) in [6, 6.07) is 8.28. The number of aromatic nitrogens is 2. The molecular weight excluding hydrogens is 267 g/mol. The Labute approximate surface area is 122 Å². The third kappa shape index (κ3) is 2.23. The van der Waals surface area contributed by atoms with Gasteiger partial charge in [0.15, 0.2) is 5.78 Å². The van der Waals surface area contributed by atoms with E-state index < -0.39 is 5.82 Å². The molecule has 2 aromatic carbocycles. The molecule has 3 rings (SSSR count). The fraction of sp³-hybridized carbons (Fsp3) is 0.176. The van der Waals surface area contributed by atoms with Crippen LogP contribution in [0.15, 0.2) is 36.7 Å². The van der Waals surface area contributed by atoms with Crippen molar-refractivity contribution in [1.29, 1.82) is 0 Å². The van der Waals surface area contributed by atoms with Gasteiger partial charge in [-0.2, -0.15) is 0 Å². The first-order valence-corrected chi connectivity index (χ1v) is 6.72. The maximum atomic E-state index is 13.4. The largest absolute Gasteiger partial charge is 0.298 e. The molecule has 0 amide bonds. The normalized spacial score (nSPS) is 11.0. The first-order chi connectivity index (χ1) is 9.97. The van der Waals surface area contributed by atoms with Crippen LogP contribution in [0.1, 0.15) is 28.4 Å². The van der Waals surface area contributed by atoms with Crippen molar-refractivity contribution in [3.8, 4) is 5.69 Å². The van der Waals surface area contributed by atoms with Crippen molar-refractivity contribution in [3.05, 3.63) is 59.2 Å². The highest BCUT2D eigenvalue weighted by atomic mass is 19.1. The van der Waals surface area contributed by atoms with Crippen LogP contribution in [0.4, 0.5) is 4.39 Å². The minimum absolute atomic E-state index is 0.171. The van der Waals surface area contributed by atoms with Crippen LogP contribution in [0.2, 0.25) is 0 Å². The van der Waals surface area contributed by atoms with Crippen LogP contribution in [-0.2, 0) is 0 Å². The third-order valence-electron chi connectivity index (χ3n) is 3.76. The maximum absolute atomic E-state index is 13.4. The number of nitrogens with zero attached hydrogens (tertiary/aromatic N) is 2. The number of rotatable bonds is 2. The molecule has 0 aliphatic rings. The van der Waals surface area contributed by atoms with E-state index in [0.717, 1.165) is 16.6 Å². The molecule has 1 heterocycles. The molecule has 0 radical (unpaired) electrons. The van der Waals surface area contributed by atoms with Gasteiger partial charge in [0.2, 0.25) is 0 Å². The van der Waals surface area contributed by atoms with Gasteiger partial charge in [0, 0.05) is 5.56 Å². The number of hydrogen-bond donors (Lipinski definition) is 0. The van der Waals surface area contributed by atoms with Gasteiger partial charge in [0.25, 0.3) is 0 Å². The van der Waals surface area contributed by atoms with Crippen molar-refractivity contribution in [2.45, 2.75) is 20.8 Å². The van der Waals surface area contributed by atoms with E-state index in [0.29, 0.717) is 11.3 Å². The topological polar surface area (TPSA) is 34.9 Å². The number of ketones is 1. The fourth-order valence-corrected chi connectivity index (χ4v) is 2.46. The Hall–Kier alpha value is -2.49. The van der Waals surface area contributed by atoms with Gasteiger partial charge in [-0.05, 0) is 62.2 Å². The van der Waals surface area contributed by atoms with Gasteiger partial charge in [-0.1, -0.05) is 0 Å². The number of benzene rings is 2. The van der Waals surface area contributed by atoms with Gasteiger partial charge >= 0.3 is 0 Å². The molecule has 0 fully saturated rings.